The van der Waals surface area contributed by atoms with Crippen LogP contribution in [0.2, 0.25) is 0 Å². The van der Waals surface area contributed by atoms with Crippen molar-refractivity contribution in [3.8, 4) is 0 Å². The third-order valence-electron chi connectivity index (χ3n) is 8.50. The van der Waals surface area contributed by atoms with Gasteiger partial charge in [0, 0.05) is 18.7 Å². The number of benzene rings is 3. The molecule has 1 N–H and O–H groups in total. The van der Waals surface area contributed by atoms with E-state index in [9.17, 15) is 14.4 Å². The van der Waals surface area contributed by atoms with Crippen LogP contribution in [0.4, 0.5) is 5.69 Å². The second-order valence-corrected chi connectivity index (χ2v) is 11.4. The van der Waals surface area contributed by atoms with E-state index >= 15 is 0 Å². The zero-order valence-corrected chi connectivity index (χ0v) is 22.8. The van der Waals surface area contributed by atoms with Gasteiger partial charge in [0.15, 0.2) is 0 Å². The van der Waals surface area contributed by atoms with Crippen LogP contribution in [-0.2, 0) is 37.0 Å². The summed E-state index contributed by atoms with van der Waals surface area (Å²) in [7, 11) is 0. The molecule has 1 fully saturated rings. The fourth-order valence-electron chi connectivity index (χ4n) is 6.76. The Hall–Kier alpha value is -3.15. The highest BCUT2D eigenvalue weighted by atomic mass is 35.5. The highest BCUT2D eigenvalue weighted by Gasteiger charge is 2.72. The number of anilines is 1. The number of rotatable bonds is 6. The Balaban J connectivity index is 1.32. The van der Waals surface area contributed by atoms with Crippen molar-refractivity contribution >= 4 is 46.6 Å². The van der Waals surface area contributed by atoms with Crippen molar-refractivity contribution in [1.29, 1.82) is 0 Å². The van der Waals surface area contributed by atoms with E-state index in [2.05, 4.69) is 5.32 Å². The largest absolute Gasteiger partial charge is 0.326 e. The Morgan fingerprint density at radius 3 is 1.58 bits per heavy atom. The minimum Gasteiger partial charge on any atom is -0.326 e. The summed E-state index contributed by atoms with van der Waals surface area (Å²) in [5.41, 5.74) is 5.98. The summed E-state index contributed by atoms with van der Waals surface area (Å²) >= 11 is 14.9. The molecule has 3 aromatic carbocycles. The van der Waals surface area contributed by atoms with E-state index in [-0.39, 0.29) is 30.7 Å². The van der Waals surface area contributed by atoms with Crippen molar-refractivity contribution in [1.82, 2.24) is 4.90 Å². The molecule has 7 heteroatoms. The number of halogens is 2. The van der Waals surface area contributed by atoms with Crippen molar-refractivity contribution < 1.29 is 14.4 Å². The number of amides is 3. The molecule has 4 aliphatic rings. The smallest absolute Gasteiger partial charge is 0.235 e. The van der Waals surface area contributed by atoms with Gasteiger partial charge < -0.3 is 5.32 Å². The van der Waals surface area contributed by atoms with Crippen LogP contribution in [0.15, 0.2) is 66.7 Å². The molecule has 0 aromatic heterocycles. The highest BCUT2D eigenvalue weighted by Crippen LogP contribution is 2.69. The fraction of sp³-hybridized carbons (Fsp3) is 0.323. The van der Waals surface area contributed by atoms with Gasteiger partial charge in [0.1, 0.15) is 9.75 Å². The standard InChI is InChI=1S/C31H28Cl2N2O3/c1-3-18-10-9-11-19(4-2)27(18)34-24(36)16-17-35-28(37)25-26(29(35)38)31(33)21-13-6-5-12-20(21)30(25,32)22-14-7-8-15-23(22)31/h5-15,25-26H,3-4,16-17H2,1-2H3,(H,34,36)/t25-,26-,30?,31?/m0/s1. The molecule has 2 bridgehead atoms. The van der Waals surface area contributed by atoms with Gasteiger partial charge in [-0.2, -0.15) is 0 Å². The maximum absolute atomic E-state index is 13.9. The quantitative estimate of drug-likeness (QED) is 0.317. The van der Waals surface area contributed by atoms with E-state index in [1.54, 1.807) is 0 Å². The second kappa shape index (κ2) is 8.96. The molecule has 2 atom stereocenters. The number of carbonyl (C=O) groups is 3. The van der Waals surface area contributed by atoms with E-state index in [1.807, 2.05) is 80.6 Å². The van der Waals surface area contributed by atoms with E-state index < -0.39 is 21.6 Å². The number of nitrogens with zero attached hydrogens (tertiary/aromatic N) is 1. The number of hydrogen-bond acceptors (Lipinski definition) is 3. The van der Waals surface area contributed by atoms with Gasteiger partial charge >= 0.3 is 0 Å². The van der Waals surface area contributed by atoms with E-state index in [0.29, 0.717) is 0 Å². The summed E-state index contributed by atoms with van der Waals surface area (Å²) in [4.78, 5) is 39.6. The number of hydrogen-bond donors (Lipinski definition) is 1. The normalized spacial score (nSPS) is 26.7. The van der Waals surface area contributed by atoms with Gasteiger partial charge in [0.2, 0.25) is 17.7 Å². The van der Waals surface area contributed by atoms with Gasteiger partial charge in [-0.15, -0.1) is 23.2 Å². The first-order valence-electron chi connectivity index (χ1n) is 13.1. The molecule has 1 aliphatic heterocycles. The van der Waals surface area contributed by atoms with Gasteiger partial charge in [-0.05, 0) is 46.2 Å². The Labute approximate surface area is 232 Å². The van der Waals surface area contributed by atoms with Crippen LogP contribution in [0.3, 0.4) is 0 Å². The lowest BCUT2D eigenvalue weighted by Crippen LogP contribution is -2.57. The zero-order valence-electron chi connectivity index (χ0n) is 21.3. The lowest BCUT2D eigenvalue weighted by molar-refractivity contribution is -0.140. The van der Waals surface area contributed by atoms with Gasteiger partial charge in [0.25, 0.3) is 0 Å². The van der Waals surface area contributed by atoms with Crippen molar-refractivity contribution in [2.45, 2.75) is 42.9 Å². The Kier molecular flexibility index (Phi) is 5.93. The van der Waals surface area contributed by atoms with Gasteiger partial charge in [-0.25, -0.2) is 0 Å². The predicted octanol–water partition coefficient (Wildman–Crippen LogP) is 5.73. The van der Waals surface area contributed by atoms with Crippen molar-refractivity contribution in [2.24, 2.45) is 11.8 Å². The van der Waals surface area contributed by atoms with Crippen molar-refractivity contribution in [3.63, 3.8) is 0 Å². The lowest BCUT2D eigenvalue weighted by atomic mass is 9.54. The molecule has 3 amide bonds. The maximum Gasteiger partial charge on any atom is 0.235 e. The van der Waals surface area contributed by atoms with Gasteiger partial charge in [0.05, 0.1) is 11.8 Å². The summed E-state index contributed by atoms with van der Waals surface area (Å²) < 4.78 is 0. The maximum atomic E-state index is 13.9. The molecule has 1 saturated heterocycles. The first-order chi connectivity index (χ1) is 18.3. The molecule has 7 rings (SSSR count). The number of para-hydroxylation sites is 1. The second-order valence-electron chi connectivity index (χ2n) is 10.3. The van der Waals surface area contributed by atoms with E-state index in [4.69, 9.17) is 23.2 Å². The molecule has 3 aromatic rings. The lowest BCUT2D eigenvalue weighted by Gasteiger charge is -2.54. The number of alkyl halides is 2. The molecule has 0 unspecified atom stereocenters. The number of imide groups is 1. The number of carbonyl (C=O) groups excluding carboxylic acids is 3. The Bertz CT molecular complexity index is 1360. The molecular formula is C31H28Cl2N2O3. The average molecular weight is 547 g/mol. The molecule has 3 aliphatic carbocycles. The summed E-state index contributed by atoms with van der Waals surface area (Å²) in [5, 5.41) is 3.03. The third kappa shape index (κ3) is 3.21. The van der Waals surface area contributed by atoms with E-state index in [1.165, 1.54) is 4.90 Å². The third-order valence-corrected chi connectivity index (χ3v) is 9.79. The molecule has 194 valence electrons. The summed E-state index contributed by atoms with van der Waals surface area (Å²) in [5.74, 6) is -2.70. The molecule has 0 saturated carbocycles. The molecule has 38 heavy (non-hydrogen) atoms. The highest BCUT2D eigenvalue weighted by molar-refractivity contribution is 6.36. The monoisotopic (exact) mass is 546 g/mol. The summed E-state index contributed by atoms with van der Waals surface area (Å²) in [6.07, 6.45) is 1.56. The van der Waals surface area contributed by atoms with Crippen LogP contribution in [0, 0.1) is 11.8 Å². The Morgan fingerprint density at radius 2 is 1.18 bits per heavy atom. The minimum atomic E-state index is -1.21. The first-order valence-corrected chi connectivity index (χ1v) is 13.9. The Morgan fingerprint density at radius 1 is 0.763 bits per heavy atom. The molecule has 0 spiro atoms. The molecule has 5 nitrogen and oxygen atoms in total. The number of likely N-dealkylation sites (tertiary alicyclic amines) is 1. The van der Waals surface area contributed by atoms with Crippen molar-refractivity contribution in [2.75, 3.05) is 11.9 Å². The van der Waals surface area contributed by atoms with Crippen LogP contribution >= 0.6 is 23.2 Å². The number of aryl methyl sites for hydroxylation is 2. The average Bonchev–Trinajstić information content (AvgIpc) is 3.20. The zero-order chi connectivity index (χ0) is 26.8. The molecular weight excluding hydrogens is 519 g/mol. The molecule has 0 radical (unpaired) electrons. The molecule has 1 heterocycles. The summed E-state index contributed by atoms with van der Waals surface area (Å²) in [6, 6.07) is 21.1. The number of nitrogens with one attached hydrogen (secondary N) is 1. The van der Waals surface area contributed by atoms with Crippen LogP contribution < -0.4 is 5.32 Å². The van der Waals surface area contributed by atoms with Crippen LogP contribution in [-0.4, -0.2) is 29.2 Å². The van der Waals surface area contributed by atoms with Gasteiger partial charge in [-0.3, -0.25) is 19.3 Å². The minimum absolute atomic E-state index is 0.0113. The summed E-state index contributed by atoms with van der Waals surface area (Å²) in [6.45, 7) is 4.06. The SMILES string of the molecule is CCc1cccc(CC)c1NC(=O)CCN1C(=O)[C@@H]2[C@@H](C1=O)C1(Cl)c3ccccc3C2(Cl)c2ccccc21. The predicted molar refractivity (Wildman–Crippen MR) is 148 cm³/mol. The van der Waals surface area contributed by atoms with Gasteiger partial charge in [-0.1, -0.05) is 80.6 Å². The fourth-order valence-corrected chi connectivity index (χ4v) is 7.86. The first kappa shape index (κ1) is 25.1. The van der Waals surface area contributed by atoms with Crippen LogP contribution in [0.5, 0.6) is 0 Å². The van der Waals surface area contributed by atoms with Crippen LogP contribution in [0.25, 0.3) is 0 Å². The van der Waals surface area contributed by atoms with Crippen molar-refractivity contribution in [3.05, 3.63) is 100 Å². The topological polar surface area (TPSA) is 66.5 Å². The van der Waals surface area contributed by atoms with E-state index in [0.717, 1.165) is 51.9 Å². The van der Waals surface area contributed by atoms with Crippen LogP contribution in [0.1, 0.15) is 53.6 Å².